The van der Waals surface area contributed by atoms with Gasteiger partial charge in [0.05, 0.1) is 0 Å². The normalized spacial score (nSPS) is 11.3. The van der Waals surface area contributed by atoms with Gasteiger partial charge in [-0.25, -0.2) is 0 Å². The highest BCUT2D eigenvalue weighted by Gasteiger charge is 2.29. The summed E-state index contributed by atoms with van der Waals surface area (Å²) < 4.78 is 0. The van der Waals surface area contributed by atoms with E-state index in [-0.39, 0.29) is 0 Å². The summed E-state index contributed by atoms with van der Waals surface area (Å²) >= 11 is 0. The third-order valence-corrected chi connectivity index (χ3v) is 12.0. The lowest BCUT2D eigenvalue weighted by molar-refractivity contribution is 1.51. The van der Waals surface area contributed by atoms with E-state index in [1.54, 1.807) is 0 Å². The van der Waals surface area contributed by atoms with Crippen molar-refractivity contribution in [3.63, 3.8) is 0 Å². The standard InChI is InChI=1S/C60H40/c1-6-21-41(22-7-1)55-56(42-23-8-2-9-24-42)58(44-27-12-4-13-28-44)60(59(45-29-14-5-15-30-45)57(55)43-25-10-3-11-26-43)48-32-20-31-46(39-48)47-37-38-53-51-35-17-16-33-49(51)50-34-18-19-36-52(50)54(53)40-47/h1-40H. The highest BCUT2D eigenvalue weighted by molar-refractivity contribution is 6.26. The average molecular weight is 761 g/mol. The Kier molecular flexibility index (Phi) is 8.95. The van der Waals surface area contributed by atoms with Crippen LogP contribution in [0.3, 0.4) is 0 Å². The summed E-state index contributed by atoms with van der Waals surface area (Å²) in [5.74, 6) is 0. The third kappa shape index (κ3) is 6.09. The Labute approximate surface area is 351 Å². The minimum Gasteiger partial charge on any atom is -0.0622 e. The van der Waals surface area contributed by atoms with E-state index in [9.17, 15) is 0 Å². The van der Waals surface area contributed by atoms with Crippen LogP contribution in [0.2, 0.25) is 0 Å². The lowest BCUT2D eigenvalue weighted by Gasteiger charge is -2.29. The summed E-state index contributed by atoms with van der Waals surface area (Å²) in [6.45, 7) is 0. The molecule has 0 aliphatic carbocycles. The molecule has 11 aromatic rings. The van der Waals surface area contributed by atoms with Crippen molar-refractivity contribution in [1.29, 1.82) is 0 Å². The monoisotopic (exact) mass is 760 g/mol. The molecular weight excluding hydrogens is 721 g/mol. The summed E-state index contributed by atoms with van der Waals surface area (Å²) in [5, 5.41) is 7.68. The van der Waals surface area contributed by atoms with E-state index < -0.39 is 0 Å². The molecule has 0 heteroatoms. The lowest BCUT2D eigenvalue weighted by atomic mass is 9.74. The zero-order valence-electron chi connectivity index (χ0n) is 33.1. The molecule has 60 heavy (non-hydrogen) atoms. The Morgan fingerprint density at radius 3 is 0.750 bits per heavy atom. The molecule has 0 aliphatic rings. The highest BCUT2D eigenvalue weighted by Crippen LogP contribution is 2.56. The number of benzene rings is 11. The quantitative estimate of drug-likeness (QED) is 0.142. The van der Waals surface area contributed by atoms with E-state index in [1.165, 1.54) is 110 Å². The molecule has 0 atom stereocenters. The summed E-state index contributed by atoms with van der Waals surface area (Å²) in [7, 11) is 0. The van der Waals surface area contributed by atoms with E-state index in [2.05, 4.69) is 243 Å². The van der Waals surface area contributed by atoms with Gasteiger partial charge in [-0.2, -0.15) is 0 Å². The first kappa shape index (κ1) is 35.4. The highest BCUT2D eigenvalue weighted by atomic mass is 14.3. The molecular formula is C60H40. The molecule has 280 valence electrons. The average Bonchev–Trinajstić information content (AvgIpc) is 3.34. The second-order valence-corrected chi connectivity index (χ2v) is 15.5. The molecule has 0 bridgehead atoms. The summed E-state index contributed by atoms with van der Waals surface area (Å²) in [4.78, 5) is 0. The van der Waals surface area contributed by atoms with E-state index in [0.29, 0.717) is 0 Å². The van der Waals surface area contributed by atoms with Crippen molar-refractivity contribution in [1.82, 2.24) is 0 Å². The Bertz CT molecular complexity index is 3170. The van der Waals surface area contributed by atoms with Gasteiger partial charge in [-0.15, -0.1) is 0 Å². The molecule has 0 aromatic heterocycles. The van der Waals surface area contributed by atoms with Gasteiger partial charge in [0, 0.05) is 0 Å². The minimum atomic E-state index is 1.17. The van der Waals surface area contributed by atoms with E-state index in [1.807, 2.05) is 0 Å². The van der Waals surface area contributed by atoms with Crippen LogP contribution in [0, 0.1) is 0 Å². The Balaban J connectivity index is 1.29. The second kappa shape index (κ2) is 15.2. The van der Waals surface area contributed by atoms with E-state index in [0.717, 1.165) is 0 Å². The fourth-order valence-electron chi connectivity index (χ4n) is 9.45. The van der Waals surface area contributed by atoms with Gasteiger partial charge in [-0.05, 0) is 122 Å². The minimum absolute atomic E-state index is 1.17. The van der Waals surface area contributed by atoms with Crippen molar-refractivity contribution >= 4 is 32.3 Å². The van der Waals surface area contributed by atoms with Gasteiger partial charge in [0.25, 0.3) is 0 Å². The summed E-state index contributed by atoms with van der Waals surface area (Å²) in [5.41, 5.74) is 16.7. The van der Waals surface area contributed by atoms with Crippen molar-refractivity contribution in [2.45, 2.75) is 0 Å². The van der Waals surface area contributed by atoms with Gasteiger partial charge in [0.15, 0.2) is 0 Å². The molecule has 0 unspecified atom stereocenters. The van der Waals surface area contributed by atoms with Crippen molar-refractivity contribution < 1.29 is 0 Å². The lowest BCUT2D eigenvalue weighted by Crippen LogP contribution is -2.02. The first-order valence-electron chi connectivity index (χ1n) is 20.8. The molecule has 0 saturated heterocycles. The molecule has 0 fully saturated rings. The zero-order valence-corrected chi connectivity index (χ0v) is 33.1. The maximum Gasteiger partial charge on any atom is -0.00137 e. The van der Waals surface area contributed by atoms with Crippen molar-refractivity contribution in [2.24, 2.45) is 0 Å². The van der Waals surface area contributed by atoms with Gasteiger partial charge >= 0.3 is 0 Å². The molecule has 0 N–H and O–H groups in total. The summed E-state index contributed by atoms with van der Waals surface area (Å²) in [6, 6.07) is 88.9. The second-order valence-electron chi connectivity index (χ2n) is 15.5. The molecule has 0 amide bonds. The van der Waals surface area contributed by atoms with Crippen LogP contribution in [0.1, 0.15) is 0 Å². The van der Waals surface area contributed by atoms with Crippen molar-refractivity contribution in [2.75, 3.05) is 0 Å². The smallest absolute Gasteiger partial charge is 0.00137 e. The van der Waals surface area contributed by atoms with Crippen LogP contribution in [0.25, 0.3) is 110 Å². The first-order valence-corrected chi connectivity index (χ1v) is 20.8. The van der Waals surface area contributed by atoms with Crippen LogP contribution in [0.15, 0.2) is 243 Å². The van der Waals surface area contributed by atoms with Gasteiger partial charge in [-0.3, -0.25) is 0 Å². The van der Waals surface area contributed by atoms with Gasteiger partial charge in [-0.1, -0.05) is 231 Å². The fraction of sp³-hybridized carbons (Fsp3) is 0. The topological polar surface area (TPSA) is 0 Å². The molecule has 11 rings (SSSR count). The number of hydrogen-bond donors (Lipinski definition) is 0. The number of fused-ring (bicyclic) bond motifs is 6. The van der Waals surface area contributed by atoms with Crippen LogP contribution in [-0.2, 0) is 0 Å². The van der Waals surface area contributed by atoms with Gasteiger partial charge < -0.3 is 0 Å². The number of hydrogen-bond acceptors (Lipinski definition) is 0. The van der Waals surface area contributed by atoms with Crippen LogP contribution in [-0.4, -0.2) is 0 Å². The Morgan fingerprint density at radius 1 is 0.133 bits per heavy atom. The predicted octanol–water partition coefficient (Wildman–Crippen LogP) is 16.8. The molecule has 0 aliphatic heterocycles. The maximum absolute atomic E-state index is 2.42. The van der Waals surface area contributed by atoms with Gasteiger partial charge in [0.2, 0.25) is 0 Å². The largest absolute Gasteiger partial charge is 0.0622 e. The van der Waals surface area contributed by atoms with E-state index in [4.69, 9.17) is 0 Å². The van der Waals surface area contributed by atoms with Crippen LogP contribution in [0.4, 0.5) is 0 Å². The van der Waals surface area contributed by atoms with Crippen LogP contribution < -0.4 is 0 Å². The SMILES string of the molecule is c1ccc(-c2c(-c3ccccc3)c(-c3ccccc3)c(-c3cccc(-c4ccc5c6ccccc6c6ccccc6c5c4)c3)c(-c3ccccc3)c2-c2ccccc2)cc1. The maximum atomic E-state index is 2.42. The summed E-state index contributed by atoms with van der Waals surface area (Å²) in [6.07, 6.45) is 0. The molecule has 0 radical (unpaired) electrons. The number of rotatable bonds is 7. The van der Waals surface area contributed by atoms with E-state index >= 15 is 0 Å². The van der Waals surface area contributed by atoms with Crippen molar-refractivity contribution in [3.8, 4) is 77.9 Å². The predicted molar refractivity (Wildman–Crippen MR) is 257 cm³/mol. The molecule has 0 saturated carbocycles. The fourth-order valence-corrected chi connectivity index (χ4v) is 9.45. The molecule has 11 aromatic carbocycles. The van der Waals surface area contributed by atoms with Gasteiger partial charge in [0.1, 0.15) is 0 Å². The third-order valence-electron chi connectivity index (χ3n) is 12.0. The molecule has 0 heterocycles. The molecule has 0 nitrogen and oxygen atoms in total. The zero-order chi connectivity index (χ0) is 39.8. The van der Waals surface area contributed by atoms with Crippen molar-refractivity contribution in [3.05, 3.63) is 243 Å². The Hall–Kier alpha value is -7.80. The molecule has 0 spiro atoms. The van der Waals surface area contributed by atoms with Crippen LogP contribution >= 0.6 is 0 Å². The Morgan fingerprint density at radius 2 is 0.383 bits per heavy atom. The first-order chi connectivity index (χ1) is 29.8. The van der Waals surface area contributed by atoms with Crippen LogP contribution in [0.5, 0.6) is 0 Å².